The van der Waals surface area contributed by atoms with E-state index < -0.39 is 0 Å². The lowest BCUT2D eigenvalue weighted by atomic mass is 10.3. The highest BCUT2D eigenvalue weighted by atomic mass is 35.5. The maximum absolute atomic E-state index is 12.4. The van der Waals surface area contributed by atoms with Gasteiger partial charge in [-0.1, -0.05) is 32.0 Å². The number of para-hydroxylation sites is 1. The van der Waals surface area contributed by atoms with Crippen molar-refractivity contribution in [3.8, 4) is 11.4 Å². The summed E-state index contributed by atoms with van der Waals surface area (Å²) in [7, 11) is 0. The fraction of sp³-hybridized carbons (Fsp3) is 0.444. The van der Waals surface area contributed by atoms with Crippen LogP contribution < -0.4 is 15.4 Å². The van der Waals surface area contributed by atoms with Crippen molar-refractivity contribution in [1.82, 2.24) is 20.4 Å². The Morgan fingerprint density at radius 2 is 1.88 bits per heavy atom. The Morgan fingerprint density at radius 3 is 2.56 bits per heavy atom. The molecule has 0 atom stereocenters. The van der Waals surface area contributed by atoms with E-state index in [1.165, 1.54) is 0 Å². The number of ether oxygens (including phenoxy) is 1. The molecule has 0 spiro atoms. The molecule has 0 unspecified atom stereocenters. The molecule has 0 aliphatic rings. The van der Waals surface area contributed by atoms with Crippen LogP contribution in [0.25, 0.3) is 5.69 Å². The fourth-order valence-electron chi connectivity index (χ4n) is 2.20. The predicted molar refractivity (Wildman–Crippen MR) is 102 cm³/mol. The van der Waals surface area contributed by atoms with Gasteiger partial charge in [-0.25, -0.2) is 4.68 Å². The normalized spacial score (nSPS) is 10.2. The van der Waals surface area contributed by atoms with Gasteiger partial charge in [-0.15, -0.1) is 12.4 Å². The number of nitrogens with zero attached hydrogens (tertiary/aromatic N) is 2. The van der Waals surface area contributed by atoms with Crippen LogP contribution in [0.1, 0.15) is 37.2 Å². The molecule has 1 aromatic carbocycles. The third-order valence-corrected chi connectivity index (χ3v) is 3.39. The van der Waals surface area contributed by atoms with Gasteiger partial charge in [-0.2, -0.15) is 5.10 Å². The summed E-state index contributed by atoms with van der Waals surface area (Å²) >= 11 is 0. The first-order chi connectivity index (χ1) is 11.8. The van der Waals surface area contributed by atoms with E-state index in [-0.39, 0.29) is 18.3 Å². The molecule has 1 heterocycles. The molecule has 2 rings (SSSR count). The van der Waals surface area contributed by atoms with Crippen LogP contribution in [0.3, 0.4) is 0 Å². The predicted octanol–water partition coefficient (Wildman–Crippen LogP) is 2.81. The number of halogens is 1. The molecule has 7 heteroatoms. The minimum absolute atomic E-state index is 0. The molecule has 2 aromatic rings. The summed E-state index contributed by atoms with van der Waals surface area (Å²) in [4.78, 5) is 12.4. The summed E-state index contributed by atoms with van der Waals surface area (Å²) in [5.74, 6) is 0.300. The molecule has 0 aliphatic heterocycles. The quantitative estimate of drug-likeness (QED) is 0.634. The van der Waals surface area contributed by atoms with Crippen molar-refractivity contribution in [3.63, 3.8) is 0 Å². The van der Waals surface area contributed by atoms with Crippen molar-refractivity contribution in [2.75, 3.05) is 26.2 Å². The Morgan fingerprint density at radius 1 is 1.12 bits per heavy atom. The number of amides is 1. The van der Waals surface area contributed by atoms with Crippen molar-refractivity contribution in [2.24, 2.45) is 0 Å². The van der Waals surface area contributed by atoms with E-state index in [0.29, 0.717) is 24.6 Å². The fourth-order valence-corrected chi connectivity index (χ4v) is 2.20. The van der Waals surface area contributed by atoms with Crippen LogP contribution in [-0.2, 0) is 0 Å². The molecule has 0 bridgehead atoms. The van der Waals surface area contributed by atoms with Gasteiger partial charge in [0.15, 0.2) is 11.4 Å². The first-order valence-corrected chi connectivity index (χ1v) is 8.53. The lowest BCUT2D eigenvalue weighted by Crippen LogP contribution is -2.32. The van der Waals surface area contributed by atoms with Crippen LogP contribution in [0.4, 0.5) is 0 Å². The zero-order valence-electron chi connectivity index (χ0n) is 14.8. The number of carbonyl (C=O) groups excluding carboxylic acids is 1. The zero-order valence-corrected chi connectivity index (χ0v) is 15.6. The maximum Gasteiger partial charge on any atom is 0.275 e. The minimum Gasteiger partial charge on any atom is -0.489 e. The number of hydrogen-bond acceptors (Lipinski definition) is 4. The maximum atomic E-state index is 12.4. The smallest absolute Gasteiger partial charge is 0.275 e. The molecule has 1 aromatic heterocycles. The Labute approximate surface area is 155 Å². The van der Waals surface area contributed by atoms with Gasteiger partial charge in [-0.3, -0.25) is 4.79 Å². The molecule has 25 heavy (non-hydrogen) atoms. The Bertz CT molecular complexity index is 631. The highest BCUT2D eigenvalue weighted by molar-refractivity contribution is 5.94. The molecule has 0 radical (unpaired) electrons. The largest absolute Gasteiger partial charge is 0.489 e. The van der Waals surface area contributed by atoms with Gasteiger partial charge in [-0.05, 0) is 31.5 Å². The van der Waals surface area contributed by atoms with E-state index in [0.717, 1.165) is 31.6 Å². The summed E-state index contributed by atoms with van der Waals surface area (Å²) in [5.41, 5.74) is 1.21. The highest BCUT2D eigenvalue weighted by Crippen LogP contribution is 2.20. The van der Waals surface area contributed by atoms with Gasteiger partial charge in [0.25, 0.3) is 5.91 Å². The van der Waals surface area contributed by atoms with Crippen molar-refractivity contribution >= 4 is 18.3 Å². The number of carbonyl (C=O) groups is 1. The highest BCUT2D eigenvalue weighted by Gasteiger charge is 2.18. The van der Waals surface area contributed by atoms with Crippen LogP contribution in [0.15, 0.2) is 36.5 Å². The third kappa shape index (κ3) is 6.40. The lowest BCUT2D eigenvalue weighted by Gasteiger charge is -2.06. The summed E-state index contributed by atoms with van der Waals surface area (Å²) < 4.78 is 7.37. The molecule has 1 amide bonds. The van der Waals surface area contributed by atoms with Gasteiger partial charge < -0.3 is 15.4 Å². The SMILES string of the molecule is CCCNCCNC(=O)c1nn(-c2ccccc2)cc1OCCC.Cl. The minimum atomic E-state index is -0.214. The van der Waals surface area contributed by atoms with Crippen molar-refractivity contribution in [1.29, 1.82) is 0 Å². The first-order valence-electron chi connectivity index (χ1n) is 8.53. The van der Waals surface area contributed by atoms with Gasteiger partial charge in [0.2, 0.25) is 0 Å². The van der Waals surface area contributed by atoms with Crippen molar-refractivity contribution in [3.05, 3.63) is 42.2 Å². The monoisotopic (exact) mass is 366 g/mol. The molecular weight excluding hydrogens is 340 g/mol. The second-order valence-corrected chi connectivity index (χ2v) is 5.48. The standard InChI is InChI=1S/C18H26N4O2.ClH/c1-3-10-19-11-12-20-18(23)17-16(24-13-4-2)14-22(21-17)15-8-6-5-7-9-15;/h5-9,14,19H,3-4,10-13H2,1-2H3,(H,20,23);1H. The molecule has 0 aliphatic carbocycles. The summed E-state index contributed by atoms with van der Waals surface area (Å²) in [6.07, 6.45) is 3.71. The van der Waals surface area contributed by atoms with Crippen molar-refractivity contribution in [2.45, 2.75) is 26.7 Å². The Hall–Kier alpha value is -2.05. The molecule has 0 saturated carbocycles. The third-order valence-electron chi connectivity index (χ3n) is 3.39. The summed E-state index contributed by atoms with van der Waals surface area (Å²) in [5, 5.41) is 10.5. The van der Waals surface area contributed by atoms with Crippen LogP contribution in [0, 0.1) is 0 Å². The lowest BCUT2D eigenvalue weighted by molar-refractivity contribution is 0.0944. The van der Waals surface area contributed by atoms with Gasteiger partial charge in [0, 0.05) is 13.1 Å². The van der Waals surface area contributed by atoms with E-state index in [1.54, 1.807) is 10.9 Å². The molecule has 0 fully saturated rings. The van der Waals surface area contributed by atoms with E-state index >= 15 is 0 Å². The molecule has 138 valence electrons. The molecular formula is C18H27ClN4O2. The van der Waals surface area contributed by atoms with E-state index in [4.69, 9.17) is 4.74 Å². The van der Waals surface area contributed by atoms with Crippen LogP contribution in [0.5, 0.6) is 5.75 Å². The number of aromatic nitrogens is 2. The average Bonchev–Trinajstić information content (AvgIpc) is 3.04. The van der Waals surface area contributed by atoms with Gasteiger partial charge in [0.1, 0.15) is 0 Å². The van der Waals surface area contributed by atoms with E-state index in [2.05, 4.69) is 22.7 Å². The first kappa shape index (κ1) is 21.0. The molecule has 0 saturated heterocycles. The van der Waals surface area contributed by atoms with E-state index in [1.807, 2.05) is 37.3 Å². The Kier molecular flexibility index (Phi) is 9.65. The zero-order chi connectivity index (χ0) is 17.2. The number of nitrogens with one attached hydrogen (secondary N) is 2. The Balaban J connectivity index is 0.00000312. The van der Waals surface area contributed by atoms with Gasteiger partial charge in [0.05, 0.1) is 18.5 Å². The second-order valence-electron chi connectivity index (χ2n) is 5.48. The number of hydrogen-bond donors (Lipinski definition) is 2. The van der Waals surface area contributed by atoms with Crippen molar-refractivity contribution < 1.29 is 9.53 Å². The number of rotatable bonds is 10. The summed E-state index contributed by atoms with van der Waals surface area (Å²) in [6.45, 7) is 6.94. The van der Waals surface area contributed by atoms with Crippen LogP contribution in [-0.4, -0.2) is 41.9 Å². The van der Waals surface area contributed by atoms with E-state index in [9.17, 15) is 4.79 Å². The average molecular weight is 367 g/mol. The van der Waals surface area contributed by atoms with Crippen LogP contribution in [0.2, 0.25) is 0 Å². The van der Waals surface area contributed by atoms with Crippen LogP contribution >= 0.6 is 12.4 Å². The van der Waals surface area contributed by atoms with Gasteiger partial charge >= 0.3 is 0 Å². The second kappa shape index (κ2) is 11.5. The summed E-state index contributed by atoms with van der Waals surface area (Å²) in [6, 6.07) is 9.68. The number of benzene rings is 1. The topological polar surface area (TPSA) is 68.2 Å². The molecule has 6 nitrogen and oxygen atoms in total. The molecule has 2 N–H and O–H groups in total.